The van der Waals surface area contributed by atoms with E-state index in [1.54, 1.807) is 36.4 Å². The van der Waals surface area contributed by atoms with Gasteiger partial charge in [-0.2, -0.15) is 0 Å². The third-order valence-corrected chi connectivity index (χ3v) is 5.21. The predicted molar refractivity (Wildman–Crippen MR) is 123 cm³/mol. The van der Waals surface area contributed by atoms with Crippen molar-refractivity contribution in [3.8, 4) is 11.5 Å². The standard InChI is InChI=1S/C24H25ClN2O5/c1-5-15(4)32-21-19(25)12-16(13-20(21)31-6-2)11-18-22(28)26-24(30)27(23(18)29)17-9-7-14(3)8-10-17/h7-13,15H,5-6H2,1-4H3,(H,26,28,30)/b18-11+/t15-/m1/s1. The minimum atomic E-state index is -0.800. The van der Waals surface area contributed by atoms with Crippen molar-refractivity contribution in [1.29, 1.82) is 0 Å². The summed E-state index contributed by atoms with van der Waals surface area (Å²) < 4.78 is 11.6. The third kappa shape index (κ3) is 4.94. The van der Waals surface area contributed by atoms with Gasteiger partial charge in [-0.1, -0.05) is 36.2 Å². The van der Waals surface area contributed by atoms with Crippen LogP contribution in [0.15, 0.2) is 42.0 Å². The first-order valence-corrected chi connectivity index (χ1v) is 10.7. The van der Waals surface area contributed by atoms with E-state index in [0.717, 1.165) is 16.9 Å². The molecule has 8 heteroatoms. The summed E-state index contributed by atoms with van der Waals surface area (Å²) in [6.07, 6.45) is 2.09. The fraction of sp³-hybridized carbons (Fsp3) is 0.292. The SMILES string of the molecule is CCOc1cc(/C=C2\C(=O)NC(=O)N(c3ccc(C)cc3)C2=O)cc(Cl)c1O[C@H](C)CC. The number of aryl methyl sites for hydroxylation is 1. The second-order valence-corrected chi connectivity index (χ2v) is 7.80. The molecule has 0 saturated carbocycles. The maximum atomic E-state index is 13.1. The van der Waals surface area contributed by atoms with E-state index in [0.29, 0.717) is 34.4 Å². The number of rotatable bonds is 7. The lowest BCUT2D eigenvalue weighted by Crippen LogP contribution is -2.54. The number of nitrogens with one attached hydrogen (secondary N) is 1. The molecule has 2 aromatic carbocycles. The number of ether oxygens (including phenoxy) is 2. The van der Waals surface area contributed by atoms with Gasteiger partial charge in [-0.05, 0) is 63.1 Å². The maximum Gasteiger partial charge on any atom is 0.335 e. The monoisotopic (exact) mass is 456 g/mol. The molecule has 1 saturated heterocycles. The fourth-order valence-electron chi connectivity index (χ4n) is 3.09. The van der Waals surface area contributed by atoms with Gasteiger partial charge in [-0.25, -0.2) is 9.69 Å². The van der Waals surface area contributed by atoms with Crippen LogP contribution in [0.2, 0.25) is 5.02 Å². The van der Waals surface area contributed by atoms with Crippen LogP contribution in [-0.4, -0.2) is 30.6 Å². The third-order valence-electron chi connectivity index (χ3n) is 4.93. The van der Waals surface area contributed by atoms with Crippen LogP contribution in [-0.2, 0) is 9.59 Å². The zero-order chi connectivity index (χ0) is 23.4. The lowest BCUT2D eigenvalue weighted by molar-refractivity contribution is -0.122. The summed E-state index contributed by atoms with van der Waals surface area (Å²) in [5, 5.41) is 2.50. The van der Waals surface area contributed by atoms with E-state index < -0.39 is 17.8 Å². The van der Waals surface area contributed by atoms with E-state index in [4.69, 9.17) is 21.1 Å². The number of nitrogens with zero attached hydrogens (tertiary/aromatic N) is 1. The Morgan fingerprint density at radius 1 is 1.12 bits per heavy atom. The molecule has 1 aliphatic rings. The molecule has 1 atom stereocenters. The normalized spacial score (nSPS) is 16.2. The van der Waals surface area contributed by atoms with Gasteiger partial charge in [0.1, 0.15) is 5.57 Å². The number of hydrogen-bond donors (Lipinski definition) is 1. The Kier molecular flexibility index (Phi) is 7.20. The number of barbiturate groups is 1. The Hall–Kier alpha value is -3.32. The molecule has 2 aromatic rings. The zero-order valence-corrected chi connectivity index (χ0v) is 19.2. The molecule has 32 heavy (non-hydrogen) atoms. The highest BCUT2D eigenvalue weighted by Crippen LogP contribution is 2.38. The van der Waals surface area contributed by atoms with E-state index in [1.807, 2.05) is 27.7 Å². The molecule has 0 bridgehead atoms. The Balaban J connectivity index is 2.01. The first-order chi connectivity index (χ1) is 15.2. The molecule has 168 valence electrons. The Bertz CT molecular complexity index is 1080. The van der Waals surface area contributed by atoms with Crippen LogP contribution in [0.1, 0.15) is 38.3 Å². The lowest BCUT2D eigenvalue weighted by atomic mass is 10.1. The van der Waals surface area contributed by atoms with Crippen LogP contribution in [0.5, 0.6) is 11.5 Å². The summed E-state index contributed by atoms with van der Waals surface area (Å²) in [7, 11) is 0. The molecule has 1 aliphatic heterocycles. The molecule has 1 fully saturated rings. The van der Waals surface area contributed by atoms with Gasteiger partial charge in [0.2, 0.25) is 0 Å². The van der Waals surface area contributed by atoms with Gasteiger partial charge in [0, 0.05) is 0 Å². The molecular formula is C24H25ClN2O5. The van der Waals surface area contributed by atoms with Crippen molar-refractivity contribution >= 4 is 41.2 Å². The topological polar surface area (TPSA) is 84.9 Å². The fourth-order valence-corrected chi connectivity index (χ4v) is 3.35. The summed E-state index contributed by atoms with van der Waals surface area (Å²) in [5.74, 6) is -0.697. The van der Waals surface area contributed by atoms with Crippen molar-refractivity contribution in [1.82, 2.24) is 5.32 Å². The summed E-state index contributed by atoms with van der Waals surface area (Å²) in [6, 6.07) is 9.28. The molecule has 0 unspecified atom stereocenters. The highest BCUT2D eigenvalue weighted by Gasteiger charge is 2.36. The van der Waals surface area contributed by atoms with Gasteiger partial charge < -0.3 is 9.47 Å². The van der Waals surface area contributed by atoms with E-state index in [2.05, 4.69) is 5.32 Å². The number of carbonyl (C=O) groups is 3. The highest BCUT2D eigenvalue weighted by molar-refractivity contribution is 6.39. The van der Waals surface area contributed by atoms with Gasteiger partial charge in [0.15, 0.2) is 11.5 Å². The predicted octanol–water partition coefficient (Wildman–Crippen LogP) is 4.89. The molecule has 0 aliphatic carbocycles. The van der Waals surface area contributed by atoms with Crippen molar-refractivity contribution in [2.45, 2.75) is 40.2 Å². The Labute approximate surface area is 191 Å². The number of halogens is 1. The number of imide groups is 2. The second kappa shape index (κ2) is 9.87. The average Bonchev–Trinajstić information content (AvgIpc) is 2.74. The number of urea groups is 1. The number of hydrogen-bond acceptors (Lipinski definition) is 5. The van der Waals surface area contributed by atoms with E-state index in [9.17, 15) is 14.4 Å². The second-order valence-electron chi connectivity index (χ2n) is 7.39. The Morgan fingerprint density at radius 3 is 2.44 bits per heavy atom. The minimum absolute atomic E-state index is 0.0734. The van der Waals surface area contributed by atoms with Crippen LogP contribution >= 0.6 is 11.6 Å². The quantitative estimate of drug-likeness (QED) is 0.473. The summed E-state index contributed by atoms with van der Waals surface area (Å²) in [4.78, 5) is 38.8. The van der Waals surface area contributed by atoms with Crippen LogP contribution in [0.3, 0.4) is 0 Å². The van der Waals surface area contributed by atoms with Crippen LogP contribution in [0, 0.1) is 6.92 Å². The first-order valence-electron chi connectivity index (χ1n) is 10.4. The molecule has 0 aromatic heterocycles. The molecule has 1 N–H and O–H groups in total. The number of carbonyl (C=O) groups excluding carboxylic acids is 3. The number of anilines is 1. The van der Waals surface area contributed by atoms with Crippen LogP contribution < -0.4 is 19.7 Å². The summed E-state index contributed by atoms with van der Waals surface area (Å²) >= 11 is 6.44. The number of benzene rings is 2. The molecular weight excluding hydrogens is 432 g/mol. The van der Waals surface area contributed by atoms with Crippen molar-refractivity contribution in [3.05, 3.63) is 58.1 Å². The first kappa shape index (κ1) is 23.3. The number of amides is 4. The molecule has 0 radical (unpaired) electrons. The van der Waals surface area contributed by atoms with Crippen molar-refractivity contribution in [2.75, 3.05) is 11.5 Å². The van der Waals surface area contributed by atoms with Crippen molar-refractivity contribution < 1.29 is 23.9 Å². The van der Waals surface area contributed by atoms with E-state index in [-0.39, 0.29) is 11.7 Å². The molecule has 4 amide bonds. The lowest BCUT2D eigenvalue weighted by Gasteiger charge is -2.26. The van der Waals surface area contributed by atoms with Crippen LogP contribution in [0.4, 0.5) is 10.5 Å². The van der Waals surface area contributed by atoms with Gasteiger partial charge >= 0.3 is 6.03 Å². The molecule has 7 nitrogen and oxygen atoms in total. The highest BCUT2D eigenvalue weighted by atomic mass is 35.5. The van der Waals surface area contributed by atoms with E-state index >= 15 is 0 Å². The summed E-state index contributed by atoms with van der Waals surface area (Å²) in [5.41, 5.74) is 1.61. The van der Waals surface area contributed by atoms with E-state index in [1.165, 1.54) is 6.08 Å². The zero-order valence-electron chi connectivity index (χ0n) is 18.4. The van der Waals surface area contributed by atoms with Crippen molar-refractivity contribution in [2.24, 2.45) is 0 Å². The van der Waals surface area contributed by atoms with Crippen molar-refractivity contribution in [3.63, 3.8) is 0 Å². The Morgan fingerprint density at radius 2 is 1.81 bits per heavy atom. The van der Waals surface area contributed by atoms with Gasteiger partial charge in [0.25, 0.3) is 11.8 Å². The van der Waals surface area contributed by atoms with Gasteiger partial charge in [-0.15, -0.1) is 0 Å². The molecule has 1 heterocycles. The van der Waals surface area contributed by atoms with Crippen LogP contribution in [0.25, 0.3) is 6.08 Å². The minimum Gasteiger partial charge on any atom is -0.490 e. The smallest absolute Gasteiger partial charge is 0.335 e. The van der Waals surface area contributed by atoms with Gasteiger partial charge in [0.05, 0.1) is 23.4 Å². The largest absolute Gasteiger partial charge is 0.490 e. The molecule has 0 spiro atoms. The average molecular weight is 457 g/mol. The molecule has 3 rings (SSSR count). The van der Waals surface area contributed by atoms with Gasteiger partial charge in [-0.3, -0.25) is 14.9 Å². The summed E-state index contributed by atoms with van der Waals surface area (Å²) in [6.45, 7) is 8.01. The maximum absolute atomic E-state index is 13.1.